The summed E-state index contributed by atoms with van der Waals surface area (Å²) in [6.07, 6.45) is 0.898. The number of guanidine groups is 1. The number of aliphatic imine (C=N–C) groups is 1. The van der Waals surface area contributed by atoms with Crippen molar-refractivity contribution >= 4 is 11.9 Å². The highest BCUT2D eigenvalue weighted by molar-refractivity contribution is 5.84. The number of nitrogens with one attached hydrogen (secondary N) is 3. The first-order valence-electron chi connectivity index (χ1n) is 9.24. The SMILES string of the molecule is CCNC(=NCC(=O)NCCOC)NCCc1ccc(C(C)(C)C)cc1. The van der Waals surface area contributed by atoms with Gasteiger partial charge in [0.2, 0.25) is 5.91 Å². The lowest BCUT2D eigenvalue weighted by molar-refractivity contribution is -0.119. The van der Waals surface area contributed by atoms with E-state index in [-0.39, 0.29) is 17.9 Å². The summed E-state index contributed by atoms with van der Waals surface area (Å²) in [4.78, 5) is 16.0. The Hall–Kier alpha value is -2.08. The Bertz CT molecular complexity index is 562. The lowest BCUT2D eigenvalue weighted by Gasteiger charge is -2.19. The molecule has 0 heterocycles. The zero-order valence-electron chi connectivity index (χ0n) is 16.8. The second-order valence-electron chi connectivity index (χ2n) is 7.16. The summed E-state index contributed by atoms with van der Waals surface area (Å²) in [6.45, 7) is 11.3. The van der Waals surface area contributed by atoms with Gasteiger partial charge < -0.3 is 20.7 Å². The summed E-state index contributed by atoms with van der Waals surface area (Å²) >= 11 is 0. The number of amides is 1. The molecular weight excluding hydrogens is 328 g/mol. The fraction of sp³-hybridized carbons (Fsp3) is 0.600. The van der Waals surface area contributed by atoms with Gasteiger partial charge >= 0.3 is 0 Å². The highest BCUT2D eigenvalue weighted by atomic mass is 16.5. The molecule has 3 N–H and O–H groups in total. The van der Waals surface area contributed by atoms with E-state index in [1.807, 2.05) is 6.92 Å². The van der Waals surface area contributed by atoms with Crippen molar-refractivity contribution < 1.29 is 9.53 Å². The smallest absolute Gasteiger partial charge is 0.241 e. The van der Waals surface area contributed by atoms with E-state index in [4.69, 9.17) is 4.74 Å². The summed E-state index contributed by atoms with van der Waals surface area (Å²) in [6, 6.07) is 8.74. The van der Waals surface area contributed by atoms with Crippen LogP contribution >= 0.6 is 0 Å². The Labute approximate surface area is 157 Å². The number of carbonyl (C=O) groups is 1. The van der Waals surface area contributed by atoms with Crippen LogP contribution in [0.3, 0.4) is 0 Å². The number of nitrogens with zero attached hydrogens (tertiary/aromatic N) is 1. The maximum absolute atomic E-state index is 11.7. The number of methoxy groups -OCH3 is 1. The van der Waals surface area contributed by atoms with E-state index in [1.54, 1.807) is 7.11 Å². The molecule has 146 valence electrons. The predicted molar refractivity (Wildman–Crippen MR) is 108 cm³/mol. The van der Waals surface area contributed by atoms with Gasteiger partial charge in [-0.2, -0.15) is 0 Å². The summed E-state index contributed by atoms with van der Waals surface area (Å²) in [7, 11) is 1.61. The van der Waals surface area contributed by atoms with E-state index in [0.717, 1.165) is 19.5 Å². The van der Waals surface area contributed by atoms with Gasteiger partial charge in [-0.1, -0.05) is 45.0 Å². The predicted octanol–water partition coefficient (Wildman–Crippen LogP) is 1.84. The van der Waals surface area contributed by atoms with Gasteiger partial charge in [-0.05, 0) is 29.9 Å². The zero-order chi connectivity index (χ0) is 19.4. The average Bonchev–Trinajstić information content (AvgIpc) is 2.59. The molecule has 1 aromatic rings. The minimum absolute atomic E-state index is 0.0966. The Balaban J connectivity index is 2.45. The van der Waals surface area contributed by atoms with Crippen molar-refractivity contribution in [2.24, 2.45) is 4.99 Å². The van der Waals surface area contributed by atoms with Crippen molar-refractivity contribution in [2.75, 3.05) is 39.9 Å². The number of rotatable bonds is 9. The molecule has 0 unspecified atom stereocenters. The van der Waals surface area contributed by atoms with Crippen LogP contribution in [-0.2, 0) is 21.4 Å². The van der Waals surface area contributed by atoms with Gasteiger partial charge in [0, 0.05) is 26.7 Å². The van der Waals surface area contributed by atoms with Crippen LogP contribution in [0.25, 0.3) is 0 Å². The molecule has 0 aliphatic rings. The molecule has 6 nitrogen and oxygen atoms in total. The van der Waals surface area contributed by atoms with Crippen LogP contribution in [0, 0.1) is 0 Å². The third-order valence-corrected chi connectivity index (χ3v) is 3.88. The van der Waals surface area contributed by atoms with Crippen LogP contribution in [0.15, 0.2) is 29.3 Å². The van der Waals surface area contributed by atoms with Crippen molar-refractivity contribution in [3.63, 3.8) is 0 Å². The van der Waals surface area contributed by atoms with E-state index < -0.39 is 0 Å². The quantitative estimate of drug-likeness (QED) is 0.356. The van der Waals surface area contributed by atoms with Gasteiger partial charge in [0.1, 0.15) is 6.54 Å². The minimum atomic E-state index is -0.114. The number of benzene rings is 1. The lowest BCUT2D eigenvalue weighted by Crippen LogP contribution is -2.39. The van der Waals surface area contributed by atoms with Gasteiger partial charge in [0.05, 0.1) is 6.61 Å². The molecule has 0 atom stereocenters. The molecule has 1 rings (SSSR count). The first-order chi connectivity index (χ1) is 12.4. The molecule has 0 bridgehead atoms. The largest absolute Gasteiger partial charge is 0.383 e. The van der Waals surface area contributed by atoms with E-state index in [0.29, 0.717) is 19.1 Å². The topological polar surface area (TPSA) is 74.8 Å². The van der Waals surface area contributed by atoms with E-state index >= 15 is 0 Å². The third kappa shape index (κ3) is 8.85. The molecule has 0 aliphatic carbocycles. The second-order valence-corrected chi connectivity index (χ2v) is 7.16. The Morgan fingerprint density at radius 3 is 2.35 bits per heavy atom. The van der Waals surface area contributed by atoms with Crippen LogP contribution in [-0.4, -0.2) is 51.8 Å². The molecule has 1 aromatic carbocycles. The summed E-state index contributed by atoms with van der Waals surface area (Å²) < 4.78 is 4.90. The molecule has 0 spiro atoms. The van der Waals surface area contributed by atoms with E-state index in [1.165, 1.54) is 11.1 Å². The highest BCUT2D eigenvalue weighted by Gasteiger charge is 2.12. The maximum atomic E-state index is 11.7. The number of hydrogen-bond donors (Lipinski definition) is 3. The molecular formula is C20H34N4O2. The van der Waals surface area contributed by atoms with E-state index in [9.17, 15) is 4.79 Å². The fourth-order valence-corrected chi connectivity index (χ4v) is 2.34. The first kappa shape index (κ1) is 22.0. The fourth-order valence-electron chi connectivity index (χ4n) is 2.34. The van der Waals surface area contributed by atoms with Gasteiger partial charge in [0.15, 0.2) is 5.96 Å². The van der Waals surface area contributed by atoms with E-state index in [2.05, 4.69) is 66.0 Å². The molecule has 0 radical (unpaired) electrons. The molecule has 0 saturated heterocycles. The summed E-state index contributed by atoms with van der Waals surface area (Å²) in [5, 5.41) is 9.18. The van der Waals surface area contributed by atoms with Crippen molar-refractivity contribution in [2.45, 2.75) is 39.5 Å². The molecule has 0 saturated carbocycles. The van der Waals surface area contributed by atoms with Gasteiger partial charge in [-0.3, -0.25) is 4.79 Å². The lowest BCUT2D eigenvalue weighted by atomic mass is 9.86. The maximum Gasteiger partial charge on any atom is 0.241 e. The minimum Gasteiger partial charge on any atom is -0.383 e. The first-order valence-corrected chi connectivity index (χ1v) is 9.24. The second kappa shape index (κ2) is 11.5. The highest BCUT2D eigenvalue weighted by Crippen LogP contribution is 2.22. The van der Waals surface area contributed by atoms with Crippen LogP contribution in [0.5, 0.6) is 0 Å². The number of ether oxygens (including phenoxy) is 1. The molecule has 26 heavy (non-hydrogen) atoms. The van der Waals surface area contributed by atoms with Crippen LogP contribution in [0.4, 0.5) is 0 Å². The monoisotopic (exact) mass is 362 g/mol. The van der Waals surface area contributed by atoms with Gasteiger partial charge in [-0.25, -0.2) is 4.99 Å². The Kier molecular flexibility index (Phi) is 9.73. The van der Waals surface area contributed by atoms with Crippen molar-refractivity contribution in [1.29, 1.82) is 0 Å². The summed E-state index contributed by atoms with van der Waals surface area (Å²) in [5.41, 5.74) is 2.79. The van der Waals surface area contributed by atoms with Crippen molar-refractivity contribution in [3.05, 3.63) is 35.4 Å². The number of hydrogen-bond acceptors (Lipinski definition) is 3. The van der Waals surface area contributed by atoms with Crippen LogP contribution < -0.4 is 16.0 Å². The Morgan fingerprint density at radius 2 is 1.77 bits per heavy atom. The van der Waals surface area contributed by atoms with Crippen molar-refractivity contribution in [1.82, 2.24) is 16.0 Å². The van der Waals surface area contributed by atoms with Crippen LogP contribution in [0.1, 0.15) is 38.8 Å². The molecule has 6 heteroatoms. The molecule has 0 aromatic heterocycles. The van der Waals surface area contributed by atoms with Gasteiger partial charge in [-0.15, -0.1) is 0 Å². The van der Waals surface area contributed by atoms with Crippen molar-refractivity contribution in [3.8, 4) is 0 Å². The average molecular weight is 363 g/mol. The normalized spacial score (nSPS) is 12.0. The van der Waals surface area contributed by atoms with Gasteiger partial charge in [0.25, 0.3) is 0 Å². The summed E-state index contributed by atoms with van der Waals surface area (Å²) in [5.74, 6) is 0.540. The molecule has 0 fully saturated rings. The Morgan fingerprint density at radius 1 is 1.08 bits per heavy atom. The standard InChI is InChI=1S/C20H34N4O2/c1-6-21-19(24-15-18(25)22-13-14-26-5)23-12-11-16-7-9-17(10-8-16)20(2,3)4/h7-10H,6,11-15H2,1-5H3,(H,22,25)(H2,21,23,24). The zero-order valence-corrected chi connectivity index (χ0v) is 16.8. The third-order valence-electron chi connectivity index (χ3n) is 3.88. The molecule has 1 amide bonds. The molecule has 0 aliphatic heterocycles. The van der Waals surface area contributed by atoms with Crippen LogP contribution in [0.2, 0.25) is 0 Å². The number of carbonyl (C=O) groups excluding carboxylic acids is 1.